The molecule has 0 aromatic heterocycles. The molecule has 1 rings (SSSR count). The first-order valence-electron chi connectivity index (χ1n) is 3.76. The summed E-state index contributed by atoms with van der Waals surface area (Å²) in [6.07, 6.45) is 0. The lowest BCUT2D eigenvalue weighted by Gasteiger charge is -2.06. The van der Waals surface area contributed by atoms with Gasteiger partial charge in [-0.2, -0.15) is 0 Å². The molecular formula is C9H7FNO3. The number of halogens is 1. The molecule has 0 saturated carbocycles. The van der Waals surface area contributed by atoms with Crippen molar-refractivity contribution in [2.24, 2.45) is 0 Å². The second kappa shape index (κ2) is 3.87. The second-order valence-electron chi connectivity index (χ2n) is 2.69. The number of carboxylic acid groups (broad SMARTS) is 1. The monoisotopic (exact) mass is 196 g/mol. The summed E-state index contributed by atoms with van der Waals surface area (Å²) in [5.41, 5.74) is 6.85. The minimum Gasteiger partial charge on any atom is -0.480 e. The predicted octanol–water partition coefficient (Wildman–Crippen LogP) is 0.803. The van der Waals surface area contributed by atoms with Crippen molar-refractivity contribution in [1.82, 2.24) is 5.73 Å². The van der Waals surface area contributed by atoms with Crippen LogP contribution in [0.1, 0.15) is 11.5 Å². The number of carbonyl (C=O) groups is 2. The molecule has 0 aliphatic heterocycles. The standard InChI is InChI=1S/C9H7FNO3/c10-6-3-1-5(2-4-6)7(8(11)12)9(13)14/h1-4,7,11H,(H,13,14). The van der Waals surface area contributed by atoms with Crippen molar-refractivity contribution in [3.8, 4) is 0 Å². The van der Waals surface area contributed by atoms with E-state index in [-0.39, 0.29) is 5.56 Å². The number of hydrogen-bond donors (Lipinski definition) is 1. The van der Waals surface area contributed by atoms with Crippen LogP contribution in [0.15, 0.2) is 24.3 Å². The zero-order chi connectivity index (χ0) is 10.7. The SMILES string of the molecule is [NH]C(=O)C(C(=O)O)c1ccc(F)cc1. The zero-order valence-electron chi connectivity index (χ0n) is 7.03. The van der Waals surface area contributed by atoms with Crippen molar-refractivity contribution in [1.29, 1.82) is 0 Å². The average molecular weight is 196 g/mol. The maximum Gasteiger partial charge on any atom is 0.320 e. The number of benzene rings is 1. The largest absolute Gasteiger partial charge is 0.480 e. The van der Waals surface area contributed by atoms with Gasteiger partial charge in [-0.15, -0.1) is 0 Å². The fraction of sp³-hybridized carbons (Fsp3) is 0.111. The molecule has 1 unspecified atom stereocenters. The Morgan fingerprint density at radius 1 is 1.29 bits per heavy atom. The predicted molar refractivity (Wildman–Crippen MR) is 44.9 cm³/mol. The summed E-state index contributed by atoms with van der Waals surface area (Å²) in [6, 6.07) is 4.46. The highest BCUT2D eigenvalue weighted by molar-refractivity contribution is 6.01. The molecule has 0 aliphatic rings. The molecule has 0 heterocycles. The Balaban J connectivity index is 3.06. The van der Waals surface area contributed by atoms with Gasteiger partial charge >= 0.3 is 5.97 Å². The third-order valence-corrected chi connectivity index (χ3v) is 1.71. The number of amides is 1. The van der Waals surface area contributed by atoms with E-state index in [0.29, 0.717) is 0 Å². The number of carbonyl (C=O) groups excluding carboxylic acids is 1. The van der Waals surface area contributed by atoms with Gasteiger partial charge in [0.05, 0.1) is 0 Å². The minimum absolute atomic E-state index is 0.110. The first-order valence-corrected chi connectivity index (χ1v) is 3.76. The summed E-state index contributed by atoms with van der Waals surface area (Å²) in [6.45, 7) is 0. The highest BCUT2D eigenvalue weighted by Crippen LogP contribution is 2.16. The van der Waals surface area contributed by atoms with Crippen molar-refractivity contribution in [2.45, 2.75) is 5.92 Å². The van der Waals surface area contributed by atoms with Gasteiger partial charge in [0.1, 0.15) is 5.82 Å². The van der Waals surface area contributed by atoms with Crippen LogP contribution in [-0.4, -0.2) is 17.0 Å². The van der Waals surface area contributed by atoms with Crippen LogP contribution in [0.4, 0.5) is 4.39 Å². The highest BCUT2D eigenvalue weighted by atomic mass is 19.1. The number of nitrogens with one attached hydrogen (secondary N) is 1. The molecule has 73 valence electrons. The fourth-order valence-electron chi connectivity index (χ4n) is 1.06. The maximum atomic E-state index is 12.5. The molecule has 0 aliphatic carbocycles. The van der Waals surface area contributed by atoms with E-state index in [2.05, 4.69) is 0 Å². The number of rotatable bonds is 3. The molecule has 0 spiro atoms. The van der Waals surface area contributed by atoms with Crippen molar-refractivity contribution >= 4 is 11.9 Å². The summed E-state index contributed by atoms with van der Waals surface area (Å²) in [7, 11) is 0. The smallest absolute Gasteiger partial charge is 0.320 e. The van der Waals surface area contributed by atoms with Crippen LogP contribution in [0, 0.1) is 5.82 Å². The molecule has 1 aromatic carbocycles. The fourth-order valence-corrected chi connectivity index (χ4v) is 1.06. The van der Waals surface area contributed by atoms with Crippen LogP contribution in [0.5, 0.6) is 0 Å². The van der Waals surface area contributed by atoms with E-state index in [1.54, 1.807) is 0 Å². The summed E-state index contributed by atoms with van der Waals surface area (Å²) < 4.78 is 12.5. The number of carboxylic acids is 1. The topological polar surface area (TPSA) is 78.2 Å². The van der Waals surface area contributed by atoms with Crippen molar-refractivity contribution in [3.63, 3.8) is 0 Å². The quantitative estimate of drug-likeness (QED) is 0.726. The molecule has 1 aromatic rings. The molecule has 5 heteroatoms. The van der Waals surface area contributed by atoms with Crippen molar-refractivity contribution < 1.29 is 19.1 Å². The van der Waals surface area contributed by atoms with E-state index in [4.69, 9.17) is 10.8 Å². The van der Waals surface area contributed by atoms with Crippen LogP contribution in [0.3, 0.4) is 0 Å². The van der Waals surface area contributed by atoms with Gasteiger partial charge in [0.2, 0.25) is 0 Å². The van der Waals surface area contributed by atoms with Gasteiger partial charge in [-0.05, 0) is 17.7 Å². The average Bonchev–Trinajstić information content (AvgIpc) is 2.07. The van der Waals surface area contributed by atoms with Gasteiger partial charge in [0.25, 0.3) is 5.91 Å². The van der Waals surface area contributed by atoms with E-state index in [1.165, 1.54) is 12.1 Å². The second-order valence-corrected chi connectivity index (χ2v) is 2.69. The maximum absolute atomic E-state index is 12.5. The molecule has 14 heavy (non-hydrogen) atoms. The first-order chi connectivity index (χ1) is 6.52. The lowest BCUT2D eigenvalue weighted by atomic mass is 9.99. The van der Waals surface area contributed by atoms with Gasteiger partial charge in [0, 0.05) is 0 Å². The van der Waals surface area contributed by atoms with Gasteiger partial charge in [-0.1, -0.05) is 12.1 Å². The Bertz CT molecular complexity index is 347. The van der Waals surface area contributed by atoms with E-state index in [1.807, 2.05) is 0 Å². The van der Waals surface area contributed by atoms with E-state index >= 15 is 0 Å². The summed E-state index contributed by atoms with van der Waals surface area (Å²) in [5, 5.41) is 8.63. The molecule has 4 nitrogen and oxygen atoms in total. The van der Waals surface area contributed by atoms with Crippen LogP contribution in [-0.2, 0) is 9.59 Å². The highest BCUT2D eigenvalue weighted by Gasteiger charge is 2.26. The van der Waals surface area contributed by atoms with Crippen molar-refractivity contribution in [3.05, 3.63) is 35.6 Å². The third kappa shape index (κ3) is 2.07. The van der Waals surface area contributed by atoms with Crippen LogP contribution in [0.25, 0.3) is 0 Å². The Kier molecular flexibility index (Phi) is 2.81. The number of aliphatic carboxylic acids is 1. The Hall–Kier alpha value is -1.91. The molecule has 2 N–H and O–H groups in total. The van der Waals surface area contributed by atoms with E-state index in [0.717, 1.165) is 12.1 Å². The van der Waals surface area contributed by atoms with Crippen LogP contribution < -0.4 is 5.73 Å². The van der Waals surface area contributed by atoms with Gasteiger partial charge in [-0.3, -0.25) is 15.3 Å². The molecule has 0 saturated heterocycles. The summed E-state index contributed by atoms with van der Waals surface area (Å²) in [4.78, 5) is 21.3. The van der Waals surface area contributed by atoms with Gasteiger partial charge in [0.15, 0.2) is 5.92 Å². The summed E-state index contributed by atoms with van der Waals surface area (Å²) in [5.74, 6) is -4.67. The molecule has 0 bridgehead atoms. The lowest BCUT2D eigenvalue weighted by Crippen LogP contribution is -2.22. The lowest BCUT2D eigenvalue weighted by molar-refractivity contribution is -0.142. The Morgan fingerprint density at radius 3 is 2.14 bits per heavy atom. The Morgan fingerprint density at radius 2 is 1.79 bits per heavy atom. The molecule has 0 fully saturated rings. The van der Waals surface area contributed by atoms with Crippen LogP contribution >= 0.6 is 0 Å². The number of hydrogen-bond acceptors (Lipinski definition) is 2. The summed E-state index contributed by atoms with van der Waals surface area (Å²) >= 11 is 0. The first kappa shape index (κ1) is 10.2. The van der Waals surface area contributed by atoms with Crippen LogP contribution in [0.2, 0.25) is 0 Å². The zero-order valence-corrected chi connectivity index (χ0v) is 7.03. The van der Waals surface area contributed by atoms with Crippen molar-refractivity contribution in [2.75, 3.05) is 0 Å². The van der Waals surface area contributed by atoms with Gasteiger partial charge in [-0.25, -0.2) is 4.39 Å². The normalized spacial score (nSPS) is 12.1. The van der Waals surface area contributed by atoms with Gasteiger partial charge < -0.3 is 5.11 Å². The van der Waals surface area contributed by atoms with E-state index < -0.39 is 23.6 Å². The van der Waals surface area contributed by atoms with E-state index in [9.17, 15) is 14.0 Å². The molecule has 1 amide bonds. The Labute approximate surface area is 79.1 Å². The molecule has 1 atom stereocenters. The molecule has 1 radical (unpaired) electrons. The molecular weight excluding hydrogens is 189 g/mol. The third-order valence-electron chi connectivity index (χ3n) is 1.71. The minimum atomic E-state index is -1.53.